The SMILES string of the molecule is Clc1ccc(-c2noc(C3CCc4nnn(C5CCOCC5)c4C3)n2)s1. The molecule has 1 aliphatic carbocycles. The average Bonchev–Trinajstić information content (AvgIpc) is 3.41. The highest BCUT2D eigenvalue weighted by Gasteiger charge is 2.31. The summed E-state index contributed by atoms with van der Waals surface area (Å²) in [4.78, 5) is 5.55. The first-order valence-corrected chi connectivity index (χ1v) is 10.1. The van der Waals surface area contributed by atoms with E-state index in [4.69, 9.17) is 20.9 Å². The first-order chi connectivity index (χ1) is 12.8. The molecule has 3 aromatic heterocycles. The van der Waals surface area contributed by atoms with Gasteiger partial charge < -0.3 is 9.26 Å². The van der Waals surface area contributed by atoms with E-state index >= 15 is 0 Å². The van der Waals surface area contributed by atoms with Crippen LogP contribution < -0.4 is 0 Å². The molecule has 0 spiro atoms. The highest BCUT2D eigenvalue weighted by Crippen LogP contribution is 2.35. The Kier molecular flexibility index (Phi) is 4.26. The minimum absolute atomic E-state index is 0.205. The number of rotatable bonds is 3. The molecule has 0 N–H and O–H groups in total. The number of aryl methyl sites for hydroxylation is 1. The van der Waals surface area contributed by atoms with Crippen molar-refractivity contribution in [3.05, 3.63) is 33.7 Å². The summed E-state index contributed by atoms with van der Waals surface area (Å²) >= 11 is 7.46. The first kappa shape index (κ1) is 16.4. The zero-order valence-electron chi connectivity index (χ0n) is 14.1. The fourth-order valence-electron chi connectivity index (χ4n) is 3.77. The zero-order chi connectivity index (χ0) is 17.5. The van der Waals surface area contributed by atoms with Crippen molar-refractivity contribution in [2.45, 2.75) is 44.1 Å². The van der Waals surface area contributed by atoms with Gasteiger partial charge in [0.1, 0.15) is 0 Å². The summed E-state index contributed by atoms with van der Waals surface area (Å²) in [6.45, 7) is 1.58. The smallest absolute Gasteiger partial charge is 0.230 e. The average molecular weight is 392 g/mol. The summed E-state index contributed by atoms with van der Waals surface area (Å²) < 4.78 is 13.9. The predicted molar refractivity (Wildman–Crippen MR) is 96.5 cm³/mol. The second kappa shape index (κ2) is 6.75. The summed E-state index contributed by atoms with van der Waals surface area (Å²) in [7, 11) is 0. The maximum absolute atomic E-state index is 6.01. The van der Waals surface area contributed by atoms with E-state index in [1.807, 2.05) is 12.1 Å². The maximum atomic E-state index is 6.01. The largest absolute Gasteiger partial charge is 0.381 e. The lowest BCUT2D eigenvalue weighted by Crippen LogP contribution is -2.24. The van der Waals surface area contributed by atoms with Crippen LogP contribution in [0.5, 0.6) is 0 Å². The van der Waals surface area contributed by atoms with Gasteiger partial charge in [0.25, 0.3) is 0 Å². The van der Waals surface area contributed by atoms with Crippen LogP contribution in [0, 0.1) is 0 Å². The lowest BCUT2D eigenvalue weighted by atomic mass is 9.89. The highest BCUT2D eigenvalue weighted by atomic mass is 35.5. The predicted octanol–water partition coefficient (Wildman–Crippen LogP) is 3.67. The molecule has 136 valence electrons. The summed E-state index contributed by atoms with van der Waals surface area (Å²) in [5.74, 6) is 1.50. The van der Waals surface area contributed by atoms with Crippen molar-refractivity contribution in [1.82, 2.24) is 25.1 Å². The molecule has 3 aromatic rings. The van der Waals surface area contributed by atoms with Crippen molar-refractivity contribution in [3.63, 3.8) is 0 Å². The number of ether oxygens (including phenoxy) is 1. The van der Waals surface area contributed by atoms with E-state index in [9.17, 15) is 0 Å². The normalized spacial score (nSPS) is 21.0. The number of nitrogens with zero attached hydrogens (tertiary/aromatic N) is 5. The highest BCUT2D eigenvalue weighted by molar-refractivity contribution is 7.19. The van der Waals surface area contributed by atoms with E-state index in [0.717, 1.165) is 60.2 Å². The van der Waals surface area contributed by atoms with Gasteiger partial charge in [-0.2, -0.15) is 4.98 Å². The molecular formula is C17H18ClN5O2S. The van der Waals surface area contributed by atoms with Crippen LogP contribution in [0.4, 0.5) is 0 Å². The Morgan fingerprint density at radius 3 is 2.88 bits per heavy atom. The van der Waals surface area contributed by atoms with Crippen LogP contribution >= 0.6 is 22.9 Å². The lowest BCUT2D eigenvalue weighted by molar-refractivity contribution is 0.0647. The molecular weight excluding hydrogens is 374 g/mol. The fourth-order valence-corrected chi connectivity index (χ4v) is 4.74. The van der Waals surface area contributed by atoms with Gasteiger partial charge in [0, 0.05) is 25.6 Å². The molecule has 0 amide bonds. The van der Waals surface area contributed by atoms with Gasteiger partial charge in [0.15, 0.2) is 0 Å². The van der Waals surface area contributed by atoms with E-state index < -0.39 is 0 Å². The minimum atomic E-state index is 0.205. The molecule has 4 heterocycles. The third-order valence-corrected chi connectivity index (χ3v) is 6.39. The number of thiophene rings is 1. The molecule has 0 saturated carbocycles. The zero-order valence-corrected chi connectivity index (χ0v) is 15.7. The molecule has 26 heavy (non-hydrogen) atoms. The number of fused-ring (bicyclic) bond motifs is 1. The molecule has 1 saturated heterocycles. The number of aromatic nitrogens is 5. The quantitative estimate of drug-likeness (QED) is 0.677. The molecule has 0 bridgehead atoms. The van der Waals surface area contributed by atoms with Crippen molar-refractivity contribution < 1.29 is 9.26 Å². The third kappa shape index (κ3) is 2.95. The van der Waals surface area contributed by atoms with Gasteiger partial charge in [-0.3, -0.25) is 0 Å². The molecule has 9 heteroatoms. The van der Waals surface area contributed by atoms with Gasteiger partial charge in [-0.25, -0.2) is 4.68 Å². The Balaban J connectivity index is 1.39. The van der Waals surface area contributed by atoms with Crippen LogP contribution in [-0.2, 0) is 17.6 Å². The Morgan fingerprint density at radius 1 is 1.19 bits per heavy atom. The van der Waals surface area contributed by atoms with Crippen molar-refractivity contribution in [1.29, 1.82) is 0 Å². The first-order valence-electron chi connectivity index (χ1n) is 8.88. The molecule has 0 aromatic carbocycles. The number of hydrogen-bond acceptors (Lipinski definition) is 7. The van der Waals surface area contributed by atoms with Gasteiger partial charge in [-0.05, 0) is 37.8 Å². The minimum Gasteiger partial charge on any atom is -0.381 e. The lowest BCUT2D eigenvalue weighted by Gasteiger charge is -2.26. The molecule has 1 aliphatic heterocycles. The van der Waals surface area contributed by atoms with Crippen molar-refractivity contribution in [3.8, 4) is 10.7 Å². The van der Waals surface area contributed by atoms with Gasteiger partial charge >= 0.3 is 0 Å². The number of halogens is 1. The molecule has 5 rings (SSSR count). The van der Waals surface area contributed by atoms with Crippen LogP contribution in [0.3, 0.4) is 0 Å². The molecule has 7 nitrogen and oxygen atoms in total. The molecule has 1 atom stereocenters. The Morgan fingerprint density at radius 2 is 2.08 bits per heavy atom. The summed E-state index contributed by atoms with van der Waals surface area (Å²) in [6.07, 6.45) is 4.67. The van der Waals surface area contributed by atoms with Crippen LogP contribution in [0.15, 0.2) is 16.7 Å². The Hall–Kier alpha value is -1.77. The topological polar surface area (TPSA) is 78.9 Å². The standard InChI is InChI=1S/C17H18ClN5O2S/c18-15-4-3-14(26-15)16-19-17(25-21-16)10-1-2-12-13(9-10)23(22-20-12)11-5-7-24-8-6-11/h3-4,10-11H,1-2,5-9H2. The number of hydrogen-bond donors (Lipinski definition) is 0. The maximum Gasteiger partial charge on any atom is 0.230 e. The summed E-state index contributed by atoms with van der Waals surface area (Å²) in [5.41, 5.74) is 2.32. The van der Waals surface area contributed by atoms with Crippen LogP contribution in [-0.4, -0.2) is 38.3 Å². The van der Waals surface area contributed by atoms with E-state index in [-0.39, 0.29) is 5.92 Å². The van der Waals surface area contributed by atoms with Crippen molar-refractivity contribution in [2.75, 3.05) is 13.2 Å². The fraction of sp³-hybridized carbons (Fsp3) is 0.529. The van der Waals surface area contributed by atoms with E-state index in [1.54, 1.807) is 0 Å². The Bertz CT molecular complexity index is 914. The van der Waals surface area contributed by atoms with Gasteiger partial charge in [0.2, 0.25) is 11.7 Å². The van der Waals surface area contributed by atoms with E-state index in [2.05, 4.69) is 25.1 Å². The molecule has 2 aliphatic rings. The van der Waals surface area contributed by atoms with Crippen molar-refractivity contribution >= 4 is 22.9 Å². The van der Waals surface area contributed by atoms with Crippen LogP contribution in [0.2, 0.25) is 4.34 Å². The second-order valence-electron chi connectivity index (χ2n) is 6.77. The molecule has 1 unspecified atom stereocenters. The third-order valence-electron chi connectivity index (χ3n) is 5.16. The van der Waals surface area contributed by atoms with Gasteiger partial charge in [0.05, 0.1) is 26.6 Å². The van der Waals surface area contributed by atoms with Crippen LogP contribution in [0.25, 0.3) is 10.7 Å². The second-order valence-corrected chi connectivity index (χ2v) is 8.49. The van der Waals surface area contributed by atoms with E-state index in [1.165, 1.54) is 17.0 Å². The monoisotopic (exact) mass is 391 g/mol. The van der Waals surface area contributed by atoms with Crippen molar-refractivity contribution in [2.24, 2.45) is 0 Å². The Labute approximate surface area is 159 Å². The van der Waals surface area contributed by atoms with Crippen LogP contribution in [0.1, 0.15) is 48.5 Å². The molecule has 1 fully saturated rings. The summed E-state index contributed by atoms with van der Waals surface area (Å²) in [6, 6.07) is 4.15. The van der Waals surface area contributed by atoms with E-state index in [0.29, 0.717) is 17.8 Å². The molecule has 0 radical (unpaired) electrons. The summed E-state index contributed by atoms with van der Waals surface area (Å²) in [5, 5.41) is 13.0. The van der Waals surface area contributed by atoms with Gasteiger partial charge in [-0.1, -0.05) is 22.0 Å². The van der Waals surface area contributed by atoms with Gasteiger partial charge in [-0.15, -0.1) is 16.4 Å².